The lowest BCUT2D eigenvalue weighted by Gasteiger charge is -2.19. The van der Waals surface area contributed by atoms with E-state index in [9.17, 15) is 5.11 Å². The Kier molecular flexibility index (Phi) is 5.17. The summed E-state index contributed by atoms with van der Waals surface area (Å²) in [7, 11) is 0. The number of aliphatic hydroxyl groups is 1. The summed E-state index contributed by atoms with van der Waals surface area (Å²) >= 11 is 0. The first-order valence-electron chi connectivity index (χ1n) is 7.20. The average molecular weight is 250 g/mol. The van der Waals surface area contributed by atoms with Crippen LogP contribution >= 0.6 is 0 Å². The Hall–Kier alpha value is -0.900. The minimum atomic E-state index is -0.335. The number of quaternary nitrogens is 2. The van der Waals surface area contributed by atoms with Gasteiger partial charge in [-0.15, -0.1) is 0 Å². The van der Waals surface area contributed by atoms with Crippen LogP contribution in [0.2, 0.25) is 0 Å². The van der Waals surface area contributed by atoms with Crippen molar-refractivity contribution in [1.29, 1.82) is 0 Å². The van der Waals surface area contributed by atoms with Gasteiger partial charge in [-0.05, 0) is 12.5 Å². The van der Waals surface area contributed by atoms with Gasteiger partial charge in [0.05, 0.1) is 13.1 Å². The molecule has 0 bridgehead atoms. The Morgan fingerprint density at radius 1 is 1.39 bits per heavy atom. The second kappa shape index (κ2) is 6.88. The van der Waals surface area contributed by atoms with Crippen LogP contribution in [0.5, 0.6) is 0 Å². The van der Waals surface area contributed by atoms with Crippen molar-refractivity contribution in [3.8, 4) is 0 Å². The first-order chi connectivity index (χ1) is 8.81. The number of rotatable bonds is 6. The van der Waals surface area contributed by atoms with Crippen LogP contribution in [0.4, 0.5) is 0 Å². The monoisotopic (exact) mass is 250 g/mol. The van der Waals surface area contributed by atoms with Crippen molar-refractivity contribution in [2.24, 2.45) is 0 Å². The van der Waals surface area contributed by atoms with Crippen LogP contribution < -0.4 is 10.2 Å². The molecule has 1 heterocycles. The zero-order valence-electron chi connectivity index (χ0n) is 11.3. The summed E-state index contributed by atoms with van der Waals surface area (Å²) in [5, 5.41) is 12.4. The Morgan fingerprint density at radius 3 is 2.89 bits per heavy atom. The molecule has 0 amide bonds. The smallest absolute Gasteiger partial charge is 0.137 e. The van der Waals surface area contributed by atoms with Gasteiger partial charge in [0.2, 0.25) is 0 Å². The second-order valence-electron chi connectivity index (χ2n) is 5.29. The van der Waals surface area contributed by atoms with E-state index >= 15 is 0 Å². The van der Waals surface area contributed by atoms with Crippen LogP contribution in [0.3, 0.4) is 0 Å². The van der Waals surface area contributed by atoms with E-state index in [-0.39, 0.29) is 6.10 Å². The standard InChI is InChI=1S/C15H24N2O/c1-2-17-10-6-9-14(17)11-16-12-15(18)13-7-4-3-5-8-13/h3-5,7-8,14-16,18H,2,6,9-12H2,1H3/p+2/t14-,15-/m0/s1. The van der Waals surface area contributed by atoms with Crippen LogP contribution in [0.25, 0.3) is 0 Å². The lowest BCUT2D eigenvalue weighted by Crippen LogP contribution is -3.16. The molecular weight excluding hydrogens is 224 g/mol. The molecule has 0 aromatic heterocycles. The summed E-state index contributed by atoms with van der Waals surface area (Å²) in [6, 6.07) is 10.7. The normalized spacial score (nSPS) is 25.2. The van der Waals surface area contributed by atoms with Crippen molar-refractivity contribution in [3.05, 3.63) is 35.9 Å². The van der Waals surface area contributed by atoms with Gasteiger partial charge in [0, 0.05) is 12.8 Å². The quantitative estimate of drug-likeness (QED) is 0.617. The van der Waals surface area contributed by atoms with E-state index in [2.05, 4.69) is 12.2 Å². The molecule has 1 aliphatic heterocycles. The highest BCUT2D eigenvalue weighted by Crippen LogP contribution is 2.08. The molecule has 4 N–H and O–H groups in total. The topological polar surface area (TPSA) is 41.3 Å². The van der Waals surface area contributed by atoms with Crippen LogP contribution in [0, 0.1) is 0 Å². The van der Waals surface area contributed by atoms with E-state index < -0.39 is 0 Å². The summed E-state index contributed by atoms with van der Waals surface area (Å²) in [5.41, 5.74) is 1.03. The highest BCUT2D eigenvalue weighted by atomic mass is 16.3. The van der Waals surface area contributed by atoms with Gasteiger partial charge in [-0.2, -0.15) is 0 Å². The van der Waals surface area contributed by atoms with E-state index in [4.69, 9.17) is 0 Å². The lowest BCUT2D eigenvalue weighted by atomic mass is 10.1. The number of likely N-dealkylation sites (tertiary alicyclic amines) is 1. The molecule has 0 aliphatic carbocycles. The molecule has 1 saturated heterocycles. The predicted octanol–water partition coefficient (Wildman–Crippen LogP) is -0.649. The second-order valence-corrected chi connectivity index (χ2v) is 5.29. The maximum Gasteiger partial charge on any atom is 0.137 e. The van der Waals surface area contributed by atoms with E-state index in [1.807, 2.05) is 30.3 Å². The van der Waals surface area contributed by atoms with E-state index in [1.54, 1.807) is 4.90 Å². The van der Waals surface area contributed by atoms with E-state index in [0.717, 1.165) is 24.7 Å². The number of benzene rings is 1. The molecule has 18 heavy (non-hydrogen) atoms. The van der Waals surface area contributed by atoms with Crippen LogP contribution in [0.15, 0.2) is 30.3 Å². The van der Waals surface area contributed by atoms with Crippen molar-refractivity contribution >= 4 is 0 Å². The summed E-state index contributed by atoms with van der Waals surface area (Å²) in [6.45, 7) is 6.76. The minimum Gasteiger partial charge on any atom is -0.382 e. The van der Waals surface area contributed by atoms with Gasteiger partial charge in [0.1, 0.15) is 25.2 Å². The van der Waals surface area contributed by atoms with Gasteiger partial charge in [-0.3, -0.25) is 0 Å². The Bertz CT molecular complexity index is 342. The summed E-state index contributed by atoms with van der Waals surface area (Å²) in [6.07, 6.45) is 2.38. The van der Waals surface area contributed by atoms with Crippen molar-refractivity contribution in [1.82, 2.24) is 0 Å². The fraction of sp³-hybridized carbons (Fsp3) is 0.600. The Balaban J connectivity index is 1.72. The maximum absolute atomic E-state index is 10.1. The van der Waals surface area contributed by atoms with E-state index in [0.29, 0.717) is 0 Å². The highest BCUT2D eigenvalue weighted by molar-refractivity contribution is 5.16. The Morgan fingerprint density at radius 2 is 2.17 bits per heavy atom. The summed E-state index contributed by atoms with van der Waals surface area (Å²) < 4.78 is 0. The highest BCUT2D eigenvalue weighted by Gasteiger charge is 2.28. The zero-order valence-corrected chi connectivity index (χ0v) is 11.3. The maximum atomic E-state index is 10.1. The van der Waals surface area contributed by atoms with Crippen molar-refractivity contribution in [2.75, 3.05) is 26.2 Å². The molecule has 0 spiro atoms. The van der Waals surface area contributed by atoms with Crippen LogP contribution in [-0.4, -0.2) is 37.3 Å². The lowest BCUT2D eigenvalue weighted by molar-refractivity contribution is -0.924. The Labute approximate surface area is 110 Å². The van der Waals surface area contributed by atoms with Crippen molar-refractivity contribution in [2.45, 2.75) is 31.9 Å². The minimum absolute atomic E-state index is 0.335. The number of hydrogen-bond acceptors (Lipinski definition) is 1. The van der Waals surface area contributed by atoms with Crippen LogP contribution in [-0.2, 0) is 0 Å². The molecule has 0 radical (unpaired) electrons. The van der Waals surface area contributed by atoms with Gasteiger partial charge >= 0.3 is 0 Å². The van der Waals surface area contributed by atoms with Crippen molar-refractivity contribution < 1.29 is 15.3 Å². The van der Waals surface area contributed by atoms with Crippen molar-refractivity contribution in [3.63, 3.8) is 0 Å². The molecule has 1 aromatic rings. The first-order valence-corrected chi connectivity index (χ1v) is 7.20. The number of nitrogens with two attached hydrogens (primary N) is 1. The molecule has 3 atom stereocenters. The fourth-order valence-electron chi connectivity index (χ4n) is 3.00. The van der Waals surface area contributed by atoms with Gasteiger partial charge in [0.25, 0.3) is 0 Å². The van der Waals surface area contributed by atoms with E-state index in [1.165, 1.54) is 25.9 Å². The molecule has 100 valence electrons. The molecule has 1 aliphatic rings. The zero-order chi connectivity index (χ0) is 12.8. The number of hydrogen-bond donors (Lipinski definition) is 3. The molecular formula is C15H26N2O+2. The third-order valence-electron chi connectivity index (χ3n) is 4.11. The molecule has 0 saturated carbocycles. The number of aliphatic hydroxyl groups excluding tert-OH is 1. The largest absolute Gasteiger partial charge is 0.382 e. The molecule has 1 unspecified atom stereocenters. The molecule has 2 rings (SSSR count). The average Bonchev–Trinajstić information content (AvgIpc) is 2.87. The summed E-state index contributed by atoms with van der Waals surface area (Å²) in [5.74, 6) is 0. The van der Waals surface area contributed by atoms with Gasteiger partial charge in [-0.25, -0.2) is 0 Å². The molecule has 1 fully saturated rings. The number of nitrogens with one attached hydrogen (secondary N) is 1. The molecule has 3 heteroatoms. The molecule has 1 aromatic carbocycles. The van der Waals surface area contributed by atoms with Crippen LogP contribution in [0.1, 0.15) is 31.4 Å². The first kappa shape index (κ1) is 13.5. The number of likely N-dealkylation sites (N-methyl/N-ethyl adjacent to an activating group) is 1. The third-order valence-corrected chi connectivity index (χ3v) is 4.11. The summed E-state index contributed by atoms with van der Waals surface area (Å²) in [4.78, 5) is 1.74. The van der Waals surface area contributed by atoms with Gasteiger partial charge in [0.15, 0.2) is 0 Å². The SMILES string of the molecule is CC[NH+]1CCC[C@H]1C[NH2+]C[C@H](O)c1ccccc1. The van der Waals surface area contributed by atoms with Gasteiger partial charge in [-0.1, -0.05) is 30.3 Å². The third kappa shape index (κ3) is 3.55. The van der Waals surface area contributed by atoms with Gasteiger partial charge < -0.3 is 15.3 Å². The molecule has 3 nitrogen and oxygen atoms in total. The fourth-order valence-corrected chi connectivity index (χ4v) is 3.00. The predicted molar refractivity (Wildman–Crippen MR) is 72.5 cm³/mol.